The number of aromatic nitrogens is 4. The number of likely N-dealkylation sites (tertiary alicyclic amines) is 1. The van der Waals surface area contributed by atoms with E-state index in [-0.39, 0.29) is 18.1 Å². The number of fused-ring (bicyclic) bond motifs is 1. The summed E-state index contributed by atoms with van der Waals surface area (Å²) in [6.07, 6.45) is 3.26. The Bertz CT molecular complexity index is 951. The Morgan fingerprint density at radius 3 is 2.89 bits per heavy atom. The lowest BCUT2D eigenvalue weighted by Crippen LogP contribution is -2.50. The average Bonchev–Trinajstić information content (AvgIpc) is 3.03. The summed E-state index contributed by atoms with van der Waals surface area (Å²) in [6, 6.07) is 7.49. The predicted octanol–water partition coefficient (Wildman–Crippen LogP) is 1.11. The second-order valence-electron chi connectivity index (χ2n) is 6.51. The quantitative estimate of drug-likeness (QED) is 0.623. The zero-order valence-electron chi connectivity index (χ0n) is 15.0. The molecule has 3 aromatic heterocycles. The molecule has 3 N–H and O–H groups in total. The second kappa shape index (κ2) is 7.29. The van der Waals surface area contributed by atoms with Gasteiger partial charge in [0.05, 0.1) is 11.8 Å². The normalized spacial score (nSPS) is 14.9. The highest BCUT2D eigenvalue weighted by molar-refractivity contribution is 5.87. The van der Waals surface area contributed by atoms with Crippen LogP contribution < -0.4 is 10.6 Å². The highest BCUT2D eigenvalue weighted by Crippen LogP contribution is 2.24. The summed E-state index contributed by atoms with van der Waals surface area (Å²) < 4.78 is 1.73. The molecule has 0 atom stereocenters. The summed E-state index contributed by atoms with van der Waals surface area (Å²) in [6.45, 7) is 4.27. The molecule has 0 radical (unpaired) electrons. The van der Waals surface area contributed by atoms with E-state index in [0.717, 1.165) is 16.8 Å². The lowest BCUT2D eigenvalue weighted by Gasteiger charge is -2.35. The van der Waals surface area contributed by atoms with Crippen LogP contribution >= 0.6 is 0 Å². The number of hydrogen-bond donors (Lipinski definition) is 3. The third kappa shape index (κ3) is 3.74. The molecule has 9 nitrogen and oxygen atoms in total. The summed E-state index contributed by atoms with van der Waals surface area (Å²) in [5.41, 5.74) is 3.52. The minimum atomic E-state index is -0.340. The first-order valence-corrected chi connectivity index (χ1v) is 8.87. The van der Waals surface area contributed by atoms with Crippen molar-refractivity contribution < 1.29 is 9.90 Å². The summed E-state index contributed by atoms with van der Waals surface area (Å²) in [4.78, 5) is 22.5. The molecule has 1 aliphatic rings. The molecule has 3 aromatic rings. The summed E-state index contributed by atoms with van der Waals surface area (Å²) in [7, 11) is 0. The topological polar surface area (TPSA) is 108 Å². The van der Waals surface area contributed by atoms with Crippen molar-refractivity contribution in [1.82, 2.24) is 29.8 Å². The third-order valence-electron chi connectivity index (χ3n) is 4.39. The first-order chi connectivity index (χ1) is 13.1. The van der Waals surface area contributed by atoms with Crippen molar-refractivity contribution in [2.24, 2.45) is 0 Å². The monoisotopic (exact) mass is 367 g/mol. The van der Waals surface area contributed by atoms with E-state index in [0.29, 0.717) is 31.8 Å². The Kier molecular flexibility index (Phi) is 4.69. The van der Waals surface area contributed by atoms with Gasteiger partial charge >= 0.3 is 6.03 Å². The molecule has 0 unspecified atom stereocenters. The van der Waals surface area contributed by atoms with Gasteiger partial charge in [-0.25, -0.2) is 9.31 Å². The second-order valence-corrected chi connectivity index (χ2v) is 6.51. The number of urea groups is 1. The molecule has 9 heteroatoms. The fourth-order valence-corrected chi connectivity index (χ4v) is 3.12. The van der Waals surface area contributed by atoms with Gasteiger partial charge in [0, 0.05) is 44.1 Å². The largest absolute Gasteiger partial charge is 0.390 e. The Balaban J connectivity index is 1.71. The van der Waals surface area contributed by atoms with Crippen LogP contribution in [0.5, 0.6) is 0 Å². The van der Waals surface area contributed by atoms with Crippen LogP contribution in [0.4, 0.5) is 10.7 Å². The van der Waals surface area contributed by atoms with Gasteiger partial charge in [-0.15, -0.1) is 5.10 Å². The highest BCUT2D eigenvalue weighted by Gasteiger charge is 2.25. The SMILES string of the molecule is CCNC(=O)Nc1nc2cc(-c3cccnc3)cc(CN3CC(O)C3)n2n1. The van der Waals surface area contributed by atoms with E-state index in [1.54, 1.807) is 16.9 Å². The first kappa shape index (κ1) is 17.4. The van der Waals surface area contributed by atoms with Crippen molar-refractivity contribution in [3.8, 4) is 11.1 Å². The number of amides is 2. The molecule has 4 rings (SSSR count). The summed E-state index contributed by atoms with van der Waals surface area (Å²) in [5.74, 6) is 0.245. The molecule has 4 heterocycles. The average molecular weight is 367 g/mol. The standard InChI is InChI=1S/C18H21N7O2/c1-2-20-18(27)22-17-21-16-7-13(12-4-3-5-19-8-12)6-14(25(16)23-17)9-24-10-15(26)11-24/h3-8,15,26H,2,9-11H2,1H3,(H2,20,22,23,27). The Morgan fingerprint density at radius 2 is 2.19 bits per heavy atom. The van der Waals surface area contributed by atoms with Gasteiger partial charge in [-0.3, -0.25) is 15.2 Å². The molecule has 1 saturated heterocycles. The van der Waals surface area contributed by atoms with Crippen LogP contribution in [0.25, 0.3) is 16.8 Å². The van der Waals surface area contributed by atoms with Crippen LogP contribution in [-0.4, -0.2) is 61.4 Å². The maximum Gasteiger partial charge on any atom is 0.321 e. The first-order valence-electron chi connectivity index (χ1n) is 8.87. The van der Waals surface area contributed by atoms with Crippen molar-refractivity contribution in [2.75, 3.05) is 25.0 Å². The number of nitrogens with zero attached hydrogens (tertiary/aromatic N) is 5. The van der Waals surface area contributed by atoms with E-state index in [1.807, 2.05) is 31.2 Å². The van der Waals surface area contributed by atoms with E-state index in [2.05, 4.69) is 30.6 Å². The Hall–Kier alpha value is -3.04. The molecule has 0 aromatic carbocycles. The van der Waals surface area contributed by atoms with Crippen LogP contribution in [0.1, 0.15) is 12.6 Å². The number of hydrogen-bond acceptors (Lipinski definition) is 6. The van der Waals surface area contributed by atoms with Gasteiger partial charge in [0.25, 0.3) is 5.95 Å². The fraction of sp³-hybridized carbons (Fsp3) is 0.333. The lowest BCUT2D eigenvalue weighted by molar-refractivity contribution is -0.00386. The maximum absolute atomic E-state index is 11.8. The minimum Gasteiger partial charge on any atom is -0.390 e. The zero-order valence-corrected chi connectivity index (χ0v) is 15.0. The van der Waals surface area contributed by atoms with Crippen molar-refractivity contribution in [3.63, 3.8) is 0 Å². The van der Waals surface area contributed by atoms with Crippen LogP contribution in [0, 0.1) is 0 Å². The van der Waals surface area contributed by atoms with E-state index in [9.17, 15) is 9.90 Å². The zero-order chi connectivity index (χ0) is 18.8. The van der Waals surface area contributed by atoms with Gasteiger partial charge < -0.3 is 10.4 Å². The van der Waals surface area contributed by atoms with E-state index in [4.69, 9.17) is 0 Å². The molecule has 1 aliphatic heterocycles. The van der Waals surface area contributed by atoms with Crippen molar-refractivity contribution in [3.05, 3.63) is 42.4 Å². The Labute approximate surface area is 156 Å². The lowest BCUT2D eigenvalue weighted by atomic mass is 10.1. The van der Waals surface area contributed by atoms with Gasteiger partial charge in [0.2, 0.25) is 0 Å². The smallest absolute Gasteiger partial charge is 0.321 e. The number of pyridine rings is 2. The van der Waals surface area contributed by atoms with Gasteiger partial charge in [-0.2, -0.15) is 4.98 Å². The number of nitrogens with one attached hydrogen (secondary N) is 2. The number of anilines is 1. The molecule has 0 bridgehead atoms. The molecule has 27 heavy (non-hydrogen) atoms. The molecule has 0 spiro atoms. The van der Waals surface area contributed by atoms with Gasteiger partial charge in [0.15, 0.2) is 5.65 Å². The molecule has 2 amide bonds. The maximum atomic E-state index is 11.8. The molecular weight excluding hydrogens is 346 g/mol. The number of aliphatic hydroxyl groups excluding tert-OH is 1. The molecule has 1 fully saturated rings. The summed E-state index contributed by atoms with van der Waals surface area (Å²) in [5, 5.41) is 19.3. The van der Waals surface area contributed by atoms with Crippen LogP contribution in [0.3, 0.4) is 0 Å². The number of β-amino-alcohol motifs (C(OH)–C–C–N with tert-alkyl or cyclic N) is 1. The number of carbonyl (C=O) groups excluding carboxylic acids is 1. The number of aliphatic hydroxyl groups is 1. The fourth-order valence-electron chi connectivity index (χ4n) is 3.12. The molecular formula is C18H21N7O2. The van der Waals surface area contributed by atoms with Crippen molar-refractivity contribution in [1.29, 1.82) is 0 Å². The van der Waals surface area contributed by atoms with Crippen LogP contribution in [-0.2, 0) is 6.54 Å². The summed E-state index contributed by atoms with van der Waals surface area (Å²) >= 11 is 0. The molecule has 0 saturated carbocycles. The number of rotatable bonds is 5. The van der Waals surface area contributed by atoms with E-state index >= 15 is 0 Å². The molecule has 140 valence electrons. The van der Waals surface area contributed by atoms with Gasteiger partial charge in [-0.05, 0) is 30.7 Å². The number of carbonyl (C=O) groups is 1. The van der Waals surface area contributed by atoms with Crippen LogP contribution in [0.2, 0.25) is 0 Å². The van der Waals surface area contributed by atoms with E-state index < -0.39 is 0 Å². The third-order valence-corrected chi connectivity index (χ3v) is 4.39. The molecule has 0 aliphatic carbocycles. The van der Waals surface area contributed by atoms with Crippen molar-refractivity contribution >= 4 is 17.6 Å². The van der Waals surface area contributed by atoms with Crippen molar-refractivity contribution in [2.45, 2.75) is 19.6 Å². The van der Waals surface area contributed by atoms with Gasteiger partial charge in [0.1, 0.15) is 0 Å². The Morgan fingerprint density at radius 1 is 1.33 bits per heavy atom. The van der Waals surface area contributed by atoms with E-state index in [1.165, 1.54) is 0 Å². The van der Waals surface area contributed by atoms with Crippen LogP contribution in [0.15, 0.2) is 36.7 Å². The predicted molar refractivity (Wildman–Crippen MR) is 100 cm³/mol. The minimum absolute atomic E-state index is 0.245. The highest BCUT2D eigenvalue weighted by atomic mass is 16.3. The van der Waals surface area contributed by atoms with Gasteiger partial charge in [-0.1, -0.05) is 6.07 Å².